The van der Waals surface area contributed by atoms with Gasteiger partial charge in [0.1, 0.15) is 0 Å². The molecule has 96 valence electrons. The van der Waals surface area contributed by atoms with E-state index in [9.17, 15) is 0 Å². The molecule has 0 aromatic heterocycles. The molecule has 0 amide bonds. The Balaban J connectivity index is 0. The van der Waals surface area contributed by atoms with E-state index in [2.05, 4.69) is 12.2 Å². The molecule has 0 aromatic carbocycles. The molecule has 1 nitrogen and oxygen atoms in total. The second-order valence-corrected chi connectivity index (χ2v) is 5.47. The standard InChI is InChI=1S/C13H27NS2.Na/c1-2-3-4-5-6-7-8-9-10-11-12-14-13(15)16;/h2-12H2,1H3,(H2,14,15,16);/q;+1/p-1. The molecule has 4 heteroatoms. The normalized spacial score (nSPS) is 9.71. The average Bonchev–Trinajstić information content (AvgIpc) is 2.25. The van der Waals surface area contributed by atoms with Gasteiger partial charge >= 0.3 is 29.6 Å². The SMILES string of the molecule is CCCCCCCCCCCCNC(=S)[S-].[Na+]. The van der Waals surface area contributed by atoms with E-state index in [0.717, 1.165) is 6.54 Å². The minimum atomic E-state index is 0. The second-order valence-electron chi connectivity index (χ2n) is 4.40. The van der Waals surface area contributed by atoms with E-state index in [1.807, 2.05) is 0 Å². The van der Waals surface area contributed by atoms with Gasteiger partial charge in [-0.1, -0.05) is 69.0 Å². The van der Waals surface area contributed by atoms with Crippen LogP contribution in [0.4, 0.5) is 0 Å². The van der Waals surface area contributed by atoms with Crippen LogP contribution in [0.2, 0.25) is 0 Å². The number of hydrogen-bond acceptors (Lipinski definition) is 2. The fourth-order valence-electron chi connectivity index (χ4n) is 1.80. The molecule has 0 aliphatic heterocycles. The van der Waals surface area contributed by atoms with E-state index in [4.69, 9.17) is 24.8 Å². The van der Waals surface area contributed by atoms with Crippen LogP contribution in [0, 0.1) is 0 Å². The van der Waals surface area contributed by atoms with E-state index >= 15 is 0 Å². The summed E-state index contributed by atoms with van der Waals surface area (Å²) >= 11 is 9.54. The summed E-state index contributed by atoms with van der Waals surface area (Å²) in [5.74, 6) is 0. The molecule has 0 radical (unpaired) electrons. The van der Waals surface area contributed by atoms with Crippen LogP contribution in [-0.4, -0.2) is 10.9 Å². The molecule has 0 spiro atoms. The molecule has 0 atom stereocenters. The third-order valence-corrected chi connectivity index (χ3v) is 3.09. The summed E-state index contributed by atoms with van der Waals surface area (Å²) in [6.07, 6.45) is 13.7. The zero-order valence-corrected chi connectivity index (χ0v) is 15.2. The Labute approximate surface area is 141 Å². The van der Waals surface area contributed by atoms with Gasteiger partial charge in [-0.15, -0.1) is 0 Å². The van der Waals surface area contributed by atoms with Crippen molar-refractivity contribution in [3.63, 3.8) is 0 Å². The monoisotopic (exact) mass is 283 g/mol. The third kappa shape index (κ3) is 19.6. The summed E-state index contributed by atoms with van der Waals surface area (Å²) in [6.45, 7) is 3.22. The van der Waals surface area contributed by atoms with E-state index in [-0.39, 0.29) is 29.6 Å². The van der Waals surface area contributed by atoms with Gasteiger partial charge in [-0.25, -0.2) is 0 Å². The number of rotatable bonds is 11. The Morgan fingerprint density at radius 3 is 1.71 bits per heavy atom. The zero-order chi connectivity index (χ0) is 12.1. The van der Waals surface area contributed by atoms with Crippen molar-refractivity contribution < 1.29 is 29.6 Å². The van der Waals surface area contributed by atoms with Gasteiger partial charge in [0.05, 0.1) is 0 Å². The van der Waals surface area contributed by atoms with Gasteiger partial charge in [-0.2, -0.15) is 0 Å². The molecule has 0 unspecified atom stereocenters. The Hall–Kier alpha value is 1.11. The summed E-state index contributed by atoms with van der Waals surface area (Å²) in [5, 5.41) is 3.02. The first kappa shape index (κ1) is 20.4. The van der Waals surface area contributed by atoms with Crippen molar-refractivity contribution in [1.82, 2.24) is 5.32 Å². The smallest absolute Gasteiger partial charge is 0.412 e. The minimum absolute atomic E-state index is 0. The van der Waals surface area contributed by atoms with Gasteiger partial charge < -0.3 is 30.2 Å². The van der Waals surface area contributed by atoms with E-state index in [1.54, 1.807) is 0 Å². The Bertz CT molecular complexity index is 165. The van der Waals surface area contributed by atoms with Crippen LogP contribution in [0.1, 0.15) is 71.1 Å². The van der Waals surface area contributed by atoms with E-state index in [0.29, 0.717) is 4.32 Å². The molecule has 0 rings (SSSR count). The predicted molar refractivity (Wildman–Crippen MR) is 79.8 cm³/mol. The maximum Gasteiger partial charge on any atom is 1.00 e. The molecule has 0 heterocycles. The van der Waals surface area contributed by atoms with Crippen LogP contribution < -0.4 is 34.9 Å². The molecule has 0 aromatic rings. The van der Waals surface area contributed by atoms with Crippen LogP contribution in [0.25, 0.3) is 0 Å². The van der Waals surface area contributed by atoms with Crippen LogP contribution in [0.15, 0.2) is 0 Å². The molecular weight excluding hydrogens is 257 g/mol. The minimum Gasteiger partial charge on any atom is -0.412 e. The Kier molecular flexibility index (Phi) is 20.6. The Morgan fingerprint density at radius 1 is 0.882 bits per heavy atom. The van der Waals surface area contributed by atoms with Crippen molar-refractivity contribution in [2.75, 3.05) is 6.54 Å². The molecule has 0 bridgehead atoms. The van der Waals surface area contributed by atoms with Crippen molar-refractivity contribution in [3.8, 4) is 0 Å². The van der Waals surface area contributed by atoms with Crippen molar-refractivity contribution in [1.29, 1.82) is 0 Å². The van der Waals surface area contributed by atoms with E-state index < -0.39 is 0 Å². The summed E-state index contributed by atoms with van der Waals surface area (Å²) in [5.41, 5.74) is 0. The summed E-state index contributed by atoms with van der Waals surface area (Å²) in [6, 6.07) is 0. The van der Waals surface area contributed by atoms with Crippen LogP contribution in [0.3, 0.4) is 0 Å². The fourth-order valence-corrected chi connectivity index (χ4v) is 2.01. The van der Waals surface area contributed by atoms with Gasteiger partial charge in [0, 0.05) is 6.54 Å². The quantitative estimate of drug-likeness (QED) is 0.266. The Morgan fingerprint density at radius 2 is 1.29 bits per heavy atom. The van der Waals surface area contributed by atoms with Gasteiger partial charge in [0.2, 0.25) is 0 Å². The maximum atomic E-state index is 4.77. The third-order valence-electron chi connectivity index (χ3n) is 2.80. The summed E-state index contributed by atoms with van der Waals surface area (Å²) < 4.78 is 0.510. The first-order valence-electron chi connectivity index (χ1n) is 6.72. The van der Waals surface area contributed by atoms with Crippen molar-refractivity contribution in [2.24, 2.45) is 0 Å². The zero-order valence-electron chi connectivity index (χ0n) is 11.6. The molecule has 0 fully saturated rings. The molecule has 0 saturated carbocycles. The topological polar surface area (TPSA) is 12.0 Å². The first-order valence-corrected chi connectivity index (χ1v) is 7.54. The van der Waals surface area contributed by atoms with Gasteiger partial charge in [0.25, 0.3) is 0 Å². The fraction of sp³-hybridized carbons (Fsp3) is 0.923. The number of unbranched alkanes of at least 4 members (excludes halogenated alkanes) is 9. The van der Waals surface area contributed by atoms with Crippen molar-refractivity contribution in [2.45, 2.75) is 71.1 Å². The average molecular weight is 283 g/mol. The maximum absolute atomic E-state index is 4.77. The predicted octanol–water partition coefficient (Wildman–Crippen LogP) is 1.33. The van der Waals surface area contributed by atoms with Crippen molar-refractivity contribution in [3.05, 3.63) is 0 Å². The number of thiocarbonyl (C=S) groups is 1. The number of nitrogens with one attached hydrogen (secondary N) is 1. The van der Waals surface area contributed by atoms with Crippen LogP contribution in [-0.2, 0) is 12.6 Å². The van der Waals surface area contributed by atoms with Gasteiger partial charge in [0.15, 0.2) is 0 Å². The largest absolute Gasteiger partial charge is 1.00 e. The molecule has 0 saturated heterocycles. The summed E-state index contributed by atoms with van der Waals surface area (Å²) in [7, 11) is 0. The number of hydrogen-bond donors (Lipinski definition) is 1. The molecule has 0 aliphatic carbocycles. The van der Waals surface area contributed by atoms with Gasteiger partial charge in [-0.05, 0) is 6.42 Å². The van der Waals surface area contributed by atoms with Crippen molar-refractivity contribution >= 4 is 29.2 Å². The van der Waals surface area contributed by atoms with E-state index in [1.165, 1.54) is 64.2 Å². The molecular formula is C13H26NNaS2. The van der Waals surface area contributed by atoms with Crippen LogP contribution >= 0.6 is 12.2 Å². The first-order chi connectivity index (χ1) is 7.77. The molecule has 0 aliphatic rings. The second kappa shape index (κ2) is 17.1. The van der Waals surface area contributed by atoms with Gasteiger partial charge in [-0.3, -0.25) is 0 Å². The van der Waals surface area contributed by atoms with Crippen LogP contribution in [0.5, 0.6) is 0 Å². The molecule has 1 N–H and O–H groups in total. The molecule has 17 heavy (non-hydrogen) atoms. The summed E-state index contributed by atoms with van der Waals surface area (Å²) in [4.78, 5) is 0.